The summed E-state index contributed by atoms with van der Waals surface area (Å²) in [5, 5.41) is 13.3. The third kappa shape index (κ3) is 3.63. The molecule has 0 bridgehead atoms. The molecule has 27 heavy (non-hydrogen) atoms. The molecule has 0 amide bonds. The van der Waals surface area contributed by atoms with E-state index in [0.717, 1.165) is 16.8 Å². The lowest BCUT2D eigenvalue weighted by molar-refractivity contribution is -0.142. The maximum Gasteiger partial charge on any atom is 0.329 e. The highest BCUT2D eigenvalue weighted by Crippen LogP contribution is 2.32. The van der Waals surface area contributed by atoms with Crippen molar-refractivity contribution < 1.29 is 23.5 Å². The number of carbonyl (C=O) groups is 1. The molecule has 0 saturated heterocycles. The van der Waals surface area contributed by atoms with Gasteiger partial charge in [0.1, 0.15) is 30.3 Å². The van der Waals surface area contributed by atoms with Gasteiger partial charge in [-0.2, -0.15) is 5.10 Å². The molecule has 0 radical (unpaired) electrons. The van der Waals surface area contributed by atoms with Gasteiger partial charge in [-0.3, -0.25) is 4.68 Å². The molecule has 138 valence electrons. The van der Waals surface area contributed by atoms with E-state index in [1.54, 1.807) is 12.1 Å². The predicted molar refractivity (Wildman–Crippen MR) is 97.3 cm³/mol. The fourth-order valence-corrected chi connectivity index (χ4v) is 2.94. The molecule has 7 nitrogen and oxygen atoms in total. The van der Waals surface area contributed by atoms with Gasteiger partial charge in [-0.25, -0.2) is 4.79 Å². The van der Waals surface area contributed by atoms with Gasteiger partial charge >= 0.3 is 5.97 Å². The number of carboxylic acids is 1. The zero-order chi connectivity index (χ0) is 18.8. The van der Waals surface area contributed by atoms with Crippen LogP contribution in [0.4, 0.5) is 0 Å². The van der Waals surface area contributed by atoms with Crippen LogP contribution in [0.15, 0.2) is 57.4 Å². The lowest BCUT2D eigenvalue weighted by Gasteiger charge is -2.02. The second-order valence-corrected chi connectivity index (χ2v) is 6.22. The summed E-state index contributed by atoms with van der Waals surface area (Å²) in [7, 11) is 0. The summed E-state index contributed by atoms with van der Waals surface area (Å²) in [5.41, 5.74) is 3.30. The van der Waals surface area contributed by atoms with Crippen LogP contribution in [0.1, 0.15) is 17.1 Å². The minimum absolute atomic E-state index is 0.0807. The molecule has 0 unspecified atom stereocenters. The zero-order valence-electron chi connectivity index (χ0n) is 14.7. The van der Waals surface area contributed by atoms with Crippen LogP contribution < -0.4 is 0 Å². The van der Waals surface area contributed by atoms with Crippen LogP contribution in [0, 0.1) is 6.92 Å². The second kappa shape index (κ2) is 7.13. The Bertz CT molecular complexity index is 1070. The maximum absolute atomic E-state index is 10.5. The van der Waals surface area contributed by atoms with E-state index in [0.29, 0.717) is 29.3 Å². The number of aliphatic carboxylic acids is 1. The van der Waals surface area contributed by atoms with Crippen LogP contribution >= 0.6 is 0 Å². The molecule has 3 heterocycles. The smallest absolute Gasteiger partial charge is 0.329 e. The normalized spacial score (nSPS) is 11.3. The summed E-state index contributed by atoms with van der Waals surface area (Å²) in [4.78, 5) is 10.5. The van der Waals surface area contributed by atoms with Gasteiger partial charge < -0.3 is 18.7 Å². The lowest BCUT2D eigenvalue weighted by Crippen LogP contribution is -2.06. The van der Waals surface area contributed by atoms with E-state index in [1.165, 1.54) is 0 Å². The minimum atomic E-state index is -1.02. The predicted octanol–water partition coefficient (Wildman–Crippen LogP) is 3.85. The molecule has 3 aromatic heterocycles. The Morgan fingerprint density at radius 3 is 2.78 bits per heavy atom. The van der Waals surface area contributed by atoms with Gasteiger partial charge in [0.25, 0.3) is 0 Å². The first-order chi connectivity index (χ1) is 13.1. The van der Waals surface area contributed by atoms with E-state index < -0.39 is 5.97 Å². The van der Waals surface area contributed by atoms with Crippen LogP contribution in [-0.4, -0.2) is 27.5 Å². The number of hydrogen-bond donors (Lipinski definition) is 1. The average molecular weight is 366 g/mol. The molecule has 1 N–H and O–H groups in total. The van der Waals surface area contributed by atoms with E-state index in [9.17, 15) is 4.79 Å². The van der Waals surface area contributed by atoms with Crippen molar-refractivity contribution in [3.8, 4) is 11.5 Å². The second-order valence-electron chi connectivity index (χ2n) is 6.22. The molecule has 1 aromatic carbocycles. The van der Waals surface area contributed by atoms with Crippen molar-refractivity contribution >= 4 is 17.1 Å². The van der Waals surface area contributed by atoms with Crippen molar-refractivity contribution in [2.75, 3.05) is 6.61 Å². The minimum Gasteiger partial charge on any atom is -0.480 e. The lowest BCUT2D eigenvalue weighted by atomic mass is 10.2. The first kappa shape index (κ1) is 17.1. The maximum atomic E-state index is 10.5. The van der Waals surface area contributed by atoms with Crippen LogP contribution in [-0.2, 0) is 22.7 Å². The Labute approximate surface area is 154 Å². The van der Waals surface area contributed by atoms with Crippen molar-refractivity contribution in [3.63, 3.8) is 0 Å². The number of fused-ring (bicyclic) bond motifs is 1. The summed E-state index contributed by atoms with van der Waals surface area (Å²) in [6, 6.07) is 15.5. The Balaban J connectivity index is 1.64. The highest BCUT2D eigenvalue weighted by Gasteiger charge is 2.20. The van der Waals surface area contributed by atoms with Gasteiger partial charge in [0.15, 0.2) is 17.0 Å². The van der Waals surface area contributed by atoms with E-state index in [1.807, 2.05) is 48.0 Å². The highest BCUT2D eigenvalue weighted by molar-refractivity contribution is 5.87. The van der Waals surface area contributed by atoms with Gasteiger partial charge in [-0.15, -0.1) is 0 Å². The van der Waals surface area contributed by atoms with Gasteiger partial charge in [-0.05, 0) is 24.6 Å². The van der Waals surface area contributed by atoms with Crippen LogP contribution in [0.5, 0.6) is 0 Å². The van der Waals surface area contributed by atoms with Gasteiger partial charge in [0.2, 0.25) is 0 Å². The molecule has 0 aliphatic rings. The molecule has 4 rings (SSSR count). The van der Waals surface area contributed by atoms with E-state index in [2.05, 4.69) is 5.10 Å². The number of nitrogens with zero attached hydrogens (tertiary/aromatic N) is 2. The fourth-order valence-electron chi connectivity index (χ4n) is 2.94. The Kier molecular flexibility index (Phi) is 4.52. The zero-order valence-corrected chi connectivity index (χ0v) is 14.7. The standard InChI is InChI=1S/C20H18N2O5/c1-13-9-16-20(26-13)19(21-22(16)10-14-5-3-2-4-6-14)17-8-7-15(27-17)11-25-12-18(23)24/h2-9H,10-12H2,1H3,(H,23,24). The van der Waals surface area contributed by atoms with E-state index in [4.69, 9.17) is 18.7 Å². The summed E-state index contributed by atoms with van der Waals surface area (Å²) in [5.74, 6) is 0.853. The van der Waals surface area contributed by atoms with Crippen LogP contribution in [0.25, 0.3) is 22.6 Å². The number of ether oxygens (including phenoxy) is 1. The average Bonchev–Trinajstić information content (AvgIpc) is 3.32. The summed E-state index contributed by atoms with van der Waals surface area (Å²) in [6.45, 7) is 2.22. The van der Waals surface area contributed by atoms with E-state index >= 15 is 0 Å². The first-order valence-electron chi connectivity index (χ1n) is 8.49. The number of aryl methyl sites for hydroxylation is 1. The van der Waals surface area contributed by atoms with Crippen LogP contribution in [0.3, 0.4) is 0 Å². The van der Waals surface area contributed by atoms with Crippen LogP contribution in [0.2, 0.25) is 0 Å². The summed E-state index contributed by atoms with van der Waals surface area (Å²) >= 11 is 0. The number of carboxylic acid groups (broad SMARTS) is 1. The van der Waals surface area contributed by atoms with Crippen molar-refractivity contribution in [2.45, 2.75) is 20.1 Å². The third-order valence-corrected chi connectivity index (χ3v) is 4.09. The highest BCUT2D eigenvalue weighted by atomic mass is 16.5. The first-order valence-corrected chi connectivity index (χ1v) is 8.49. The largest absolute Gasteiger partial charge is 0.480 e. The number of benzene rings is 1. The monoisotopic (exact) mass is 366 g/mol. The van der Waals surface area contributed by atoms with E-state index in [-0.39, 0.29) is 13.2 Å². The van der Waals surface area contributed by atoms with Gasteiger partial charge in [-0.1, -0.05) is 30.3 Å². The van der Waals surface area contributed by atoms with Gasteiger partial charge in [0, 0.05) is 6.07 Å². The fraction of sp³-hybridized carbons (Fsp3) is 0.200. The number of rotatable bonds is 7. The molecule has 0 aliphatic heterocycles. The van der Waals surface area contributed by atoms with Crippen molar-refractivity contribution in [2.24, 2.45) is 0 Å². The number of hydrogen-bond acceptors (Lipinski definition) is 5. The van der Waals surface area contributed by atoms with Crippen molar-refractivity contribution in [3.05, 3.63) is 65.6 Å². The van der Waals surface area contributed by atoms with Crippen molar-refractivity contribution in [1.82, 2.24) is 9.78 Å². The van der Waals surface area contributed by atoms with Crippen molar-refractivity contribution in [1.29, 1.82) is 0 Å². The number of aromatic nitrogens is 2. The molecule has 4 aromatic rings. The Morgan fingerprint density at radius 1 is 1.19 bits per heavy atom. The SMILES string of the molecule is Cc1cc2c(o1)c(-c1ccc(COCC(=O)O)o1)nn2Cc1ccccc1. The molecule has 0 fully saturated rings. The number of furan rings is 2. The topological polar surface area (TPSA) is 90.6 Å². The molecule has 0 saturated carbocycles. The quantitative estimate of drug-likeness (QED) is 0.534. The Morgan fingerprint density at radius 2 is 2.00 bits per heavy atom. The third-order valence-electron chi connectivity index (χ3n) is 4.09. The molecular formula is C20H18N2O5. The molecule has 0 aliphatic carbocycles. The molecule has 0 spiro atoms. The Hall–Kier alpha value is -3.32. The molecule has 7 heteroatoms. The summed E-state index contributed by atoms with van der Waals surface area (Å²) < 4.78 is 18.6. The molecule has 0 atom stereocenters. The van der Waals surface area contributed by atoms with Gasteiger partial charge in [0.05, 0.1) is 6.54 Å². The molecular weight excluding hydrogens is 348 g/mol. The summed E-state index contributed by atoms with van der Waals surface area (Å²) in [6.07, 6.45) is 0.